The van der Waals surface area contributed by atoms with Crippen LogP contribution in [0.25, 0.3) is 5.76 Å². The van der Waals surface area contributed by atoms with Crippen molar-refractivity contribution in [2.75, 3.05) is 0 Å². The minimum Gasteiger partial charge on any atom is -0.872 e. The van der Waals surface area contributed by atoms with Crippen LogP contribution in [0.5, 0.6) is 0 Å². The topological polar surface area (TPSA) is 74.6 Å². The summed E-state index contributed by atoms with van der Waals surface area (Å²) >= 11 is 5.96. The Kier molecular flexibility index (Phi) is 6.10. The summed E-state index contributed by atoms with van der Waals surface area (Å²) in [4.78, 5) is 30.6. The maximum absolute atomic E-state index is 13.4. The van der Waals surface area contributed by atoms with Gasteiger partial charge in [0.1, 0.15) is 0 Å². The molecular formula is C26H23ClN2O3. The van der Waals surface area contributed by atoms with Gasteiger partial charge >= 0.3 is 0 Å². The Balaban J connectivity index is 1.84. The van der Waals surface area contributed by atoms with Gasteiger partial charge in [0, 0.05) is 22.2 Å². The zero-order valence-electron chi connectivity index (χ0n) is 17.8. The lowest BCUT2D eigenvalue weighted by molar-refractivity contribution is -0.378. The first kappa shape index (κ1) is 21.8. The molecule has 0 spiro atoms. The predicted molar refractivity (Wildman–Crippen MR) is 120 cm³/mol. The van der Waals surface area contributed by atoms with Crippen LogP contribution < -0.4 is 10.1 Å². The molecule has 2 heterocycles. The summed E-state index contributed by atoms with van der Waals surface area (Å²) in [6.07, 6.45) is 3.54. The maximum atomic E-state index is 13.4. The van der Waals surface area contributed by atoms with E-state index in [4.69, 9.17) is 11.6 Å². The van der Waals surface area contributed by atoms with Gasteiger partial charge < -0.3 is 10.0 Å². The monoisotopic (exact) mass is 446 g/mol. The fourth-order valence-corrected chi connectivity index (χ4v) is 4.05. The number of likely N-dealkylation sites (tertiary alicyclic amines) is 1. The van der Waals surface area contributed by atoms with Crippen LogP contribution in [-0.2, 0) is 16.1 Å². The number of carbonyl (C=O) groups excluding carboxylic acids is 2. The standard InChI is InChI=1S/C26H23ClN2O3/c1-16(2)18-5-7-19(8-6-18)23-22(24(30)20-9-11-21(27)12-10-20)25(31)26(32)29(23)15-17-4-3-13-28-14-17/h3-14,16,23,30H,15H2,1-2H3/b24-22+. The molecular weight excluding hydrogens is 424 g/mol. The third-order valence-corrected chi connectivity index (χ3v) is 5.93. The van der Waals surface area contributed by atoms with E-state index < -0.39 is 23.5 Å². The highest BCUT2D eigenvalue weighted by Crippen LogP contribution is 2.40. The number of benzene rings is 2. The Morgan fingerprint density at radius 1 is 1.06 bits per heavy atom. The Morgan fingerprint density at radius 2 is 1.75 bits per heavy atom. The molecule has 1 aliphatic rings. The Morgan fingerprint density at radius 3 is 2.34 bits per heavy atom. The molecule has 6 heteroatoms. The first-order valence-electron chi connectivity index (χ1n) is 10.4. The van der Waals surface area contributed by atoms with Crippen LogP contribution in [0.15, 0.2) is 78.6 Å². The molecule has 5 nitrogen and oxygen atoms in total. The van der Waals surface area contributed by atoms with Crippen LogP contribution in [0.3, 0.4) is 0 Å². The molecule has 4 rings (SSSR count). The van der Waals surface area contributed by atoms with Crippen LogP contribution in [0.1, 0.15) is 48.1 Å². The van der Waals surface area contributed by atoms with Gasteiger partial charge in [0.25, 0.3) is 5.91 Å². The zero-order valence-corrected chi connectivity index (χ0v) is 18.6. The summed E-state index contributed by atoms with van der Waals surface area (Å²) in [5.41, 5.74) is 2.99. The molecule has 3 aromatic rings. The van der Waals surface area contributed by atoms with Crippen molar-refractivity contribution in [1.82, 2.24) is 4.90 Å². The molecule has 1 aromatic heterocycles. The van der Waals surface area contributed by atoms with Gasteiger partial charge in [0.2, 0.25) is 5.78 Å². The molecule has 0 saturated carbocycles. The predicted octanol–water partition coefficient (Wildman–Crippen LogP) is 3.70. The number of hydrogen-bond donors (Lipinski definition) is 0. The number of halogens is 1. The number of amides is 1. The third-order valence-electron chi connectivity index (χ3n) is 5.68. The van der Waals surface area contributed by atoms with E-state index in [9.17, 15) is 14.7 Å². The number of nitrogens with zero attached hydrogens (tertiary/aromatic N) is 1. The number of aromatic amines is 1. The van der Waals surface area contributed by atoms with E-state index in [1.54, 1.807) is 36.7 Å². The van der Waals surface area contributed by atoms with Crippen molar-refractivity contribution in [2.24, 2.45) is 0 Å². The Bertz CT molecular complexity index is 1170. The quantitative estimate of drug-likeness (QED) is 0.340. The van der Waals surface area contributed by atoms with Crippen molar-refractivity contribution in [3.05, 3.63) is 106 Å². The van der Waals surface area contributed by atoms with Gasteiger partial charge in [-0.3, -0.25) is 9.59 Å². The largest absolute Gasteiger partial charge is 0.872 e. The smallest absolute Gasteiger partial charge is 0.295 e. The highest BCUT2D eigenvalue weighted by atomic mass is 35.5. The highest BCUT2D eigenvalue weighted by Gasteiger charge is 2.44. The molecule has 162 valence electrons. The minimum atomic E-state index is -0.764. The van der Waals surface area contributed by atoms with Crippen LogP contribution >= 0.6 is 11.6 Å². The first-order chi connectivity index (χ1) is 15.4. The summed E-state index contributed by atoms with van der Waals surface area (Å²) in [6.45, 7) is 4.39. The summed E-state index contributed by atoms with van der Waals surface area (Å²) in [7, 11) is 0. The second kappa shape index (κ2) is 8.97. The van der Waals surface area contributed by atoms with Crippen LogP contribution in [0.2, 0.25) is 5.02 Å². The summed E-state index contributed by atoms with van der Waals surface area (Å²) in [6, 6.07) is 17.0. The van der Waals surface area contributed by atoms with E-state index >= 15 is 0 Å². The number of carbonyl (C=O) groups is 2. The van der Waals surface area contributed by atoms with Crippen molar-refractivity contribution in [2.45, 2.75) is 32.4 Å². The second-order valence-corrected chi connectivity index (χ2v) is 8.58. The maximum Gasteiger partial charge on any atom is 0.295 e. The third kappa shape index (κ3) is 4.16. The van der Waals surface area contributed by atoms with Crippen molar-refractivity contribution in [3.63, 3.8) is 0 Å². The van der Waals surface area contributed by atoms with Gasteiger partial charge in [-0.2, -0.15) is 0 Å². The van der Waals surface area contributed by atoms with Gasteiger partial charge in [-0.15, -0.1) is 0 Å². The van der Waals surface area contributed by atoms with Gasteiger partial charge in [-0.1, -0.05) is 67.6 Å². The van der Waals surface area contributed by atoms with Crippen molar-refractivity contribution >= 4 is 29.1 Å². The van der Waals surface area contributed by atoms with E-state index in [1.807, 2.05) is 36.4 Å². The lowest BCUT2D eigenvalue weighted by Gasteiger charge is -2.27. The van der Waals surface area contributed by atoms with E-state index in [0.29, 0.717) is 16.5 Å². The SMILES string of the molecule is CC(C)c1ccc(C2/C(=C(\[O-])c3ccc(Cl)cc3)C(=O)C(=O)N2Cc2ccc[nH+]c2)cc1. The molecule has 1 amide bonds. The average Bonchev–Trinajstić information content (AvgIpc) is 3.05. The van der Waals surface area contributed by atoms with Crippen LogP contribution in [0, 0.1) is 0 Å². The zero-order chi connectivity index (χ0) is 22.8. The molecule has 0 bridgehead atoms. The minimum absolute atomic E-state index is 0.0328. The van der Waals surface area contributed by atoms with Gasteiger partial charge in [-0.25, -0.2) is 4.98 Å². The van der Waals surface area contributed by atoms with Crippen molar-refractivity contribution < 1.29 is 19.7 Å². The molecule has 1 aliphatic heterocycles. The fraction of sp³-hybridized carbons (Fsp3) is 0.192. The molecule has 1 N–H and O–H groups in total. The van der Waals surface area contributed by atoms with Crippen LogP contribution in [-0.4, -0.2) is 16.6 Å². The fourth-order valence-electron chi connectivity index (χ4n) is 3.93. The molecule has 1 unspecified atom stereocenters. The lowest BCUT2D eigenvalue weighted by Crippen LogP contribution is -2.29. The molecule has 32 heavy (non-hydrogen) atoms. The molecule has 1 saturated heterocycles. The summed E-state index contributed by atoms with van der Waals surface area (Å²) in [5.74, 6) is -1.56. The first-order valence-corrected chi connectivity index (χ1v) is 10.8. The molecule has 1 fully saturated rings. The number of pyridine rings is 1. The Hall–Kier alpha value is -3.44. The highest BCUT2D eigenvalue weighted by molar-refractivity contribution is 6.46. The van der Waals surface area contributed by atoms with E-state index in [0.717, 1.165) is 16.7 Å². The number of nitrogens with one attached hydrogen (secondary N) is 1. The summed E-state index contributed by atoms with van der Waals surface area (Å²) in [5, 5.41) is 13.9. The number of rotatable bonds is 5. The van der Waals surface area contributed by atoms with Crippen molar-refractivity contribution in [3.8, 4) is 0 Å². The number of aromatic nitrogens is 1. The van der Waals surface area contributed by atoms with E-state index in [2.05, 4.69) is 18.8 Å². The normalized spacial score (nSPS) is 17.9. The lowest BCUT2D eigenvalue weighted by atomic mass is 9.93. The molecule has 0 aliphatic carbocycles. The number of Topliss-reactive ketones (excluding diaryl/α,β-unsaturated/α-hetero) is 1. The van der Waals surface area contributed by atoms with Gasteiger partial charge in [-0.05, 0) is 40.8 Å². The van der Waals surface area contributed by atoms with E-state index in [-0.39, 0.29) is 12.1 Å². The Labute approximate surface area is 192 Å². The molecule has 0 radical (unpaired) electrons. The number of H-pyrrole nitrogens is 1. The molecule has 1 atom stereocenters. The van der Waals surface area contributed by atoms with Gasteiger partial charge in [0.05, 0.1) is 12.6 Å². The van der Waals surface area contributed by atoms with E-state index in [1.165, 1.54) is 4.90 Å². The summed E-state index contributed by atoms with van der Waals surface area (Å²) < 4.78 is 0. The number of hydrogen-bond acceptors (Lipinski definition) is 3. The van der Waals surface area contributed by atoms with Gasteiger partial charge in [0.15, 0.2) is 12.4 Å². The second-order valence-electron chi connectivity index (χ2n) is 8.15. The average molecular weight is 447 g/mol. The van der Waals surface area contributed by atoms with Crippen LogP contribution in [0.4, 0.5) is 0 Å². The molecule has 2 aromatic carbocycles. The van der Waals surface area contributed by atoms with Crippen molar-refractivity contribution in [1.29, 1.82) is 0 Å². The number of ketones is 1.